The minimum Gasteiger partial charge on any atom is -0.508 e. The van der Waals surface area contributed by atoms with Gasteiger partial charge in [-0.2, -0.15) is 0 Å². The first kappa shape index (κ1) is 13.0. The Kier molecular flexibility index (Phi) is 5.32. The van der Waals surface area contributed by atoms with E-state index >= 15 is 0 Å². The maximum Gasteiger partial charge on any atom is 0.338 e. The Morgan fingerprint density at radius 3 is 2.88 bits per heavy atom. The Balaban J connectivity index is 2.93. The fourth-order valence-electron chi connectivity index (χ4n) is 1.44. The molecule has 1 rings (SSSR count). The Labute approximate surface area is 104 Å². The fraction of sp³-hybridized carbons (Fsp3) is 0.417. The van der Waals surface area contributed by atoms with Crippen molar-refractivity contribution < 1.29 is 14.6 Å². The molecular weight excluding hydrogens is 272 g/mol. The quantitative estimate of drug-likeness (QED) is 0.669. The molecule has 16 heavy (non-hydrogen) atoms. The van der Waals surface area contributed by atoms with Gasteiger partial charge in [-0.15, -0.1) is 0 Å². The third-order valence-corrected chi connectivity index (χ3v) is 2.73. The zero-order chi connectivity index (χ0) is 12.0. The lowest BCUT2D eigenvalue weighted by atomic mass is 10.0. The lowest BCUT2D eigenvalue weighted by Crippen LogP contribution is -2.08. The molecule has 0 amide bonds. The largest absolute Gasteiger partial charge is 0.508 e. The molecule has 3 nitrogen and oxygen atoms in total. The molecule has 0 spiro atoms. The number of hydrogen-bond donors (Lipinski definition) is 1. The number of benzene rings is 1. The van der Waals surface area contributed by atoms with Crippen molar-refractivity contribution in [3.05, 3.63) is 29.3 Å². The summed E-state index contributed by atoms with van der Waals surface area (Å²) in [5.41, 5.74) is 1.37. The number of phenolic OH excluding ortho intramolecular Hbond substituents is 1. The second-order valence-corrected chi connectivity index (χ2v) is 4.15. The second kappa shape index (κ2) is 6.53. The first-order chi connectivity index (χ1) is 7.69. The fourth-order valence-corrected chi connectivity index (χ4v) is 1.72. The predicted octanol–water partition coefficient (Wildman–Crippen LogP) is 2.90. The smallest absolute Gasteiger partial charge is 0.338 e. The van der Waals surface area contributed by atoms with E-state index in [2.05, 4.69) is 15.9 Å². The van der Waals surface area contributed by atoms with Crippen LogP contribution < -0.4 is 0 Å². The summed E-state index contributed by atoms with van der Waals surface area (Å²) in [7, 11) is 0. The van der Waals surface area contributed by atoms with E-state index in [9.17, 15) is 9.90 Å². The number of carbonyl (C=O) groups is 1. The van der Waals surface area contributed by atoms with Crippen LogP contribution in [0.2, 0.25) is 0 Å². The summed E-state index contributed by atoms with van der Waals surface area (Å²) in [4.78, 5) is 11.6. The average molecular weight is 287 g/mol. The van der Waals surface area contributed by atoms with Crippen LogP contribution in [-0.2, 0) is 11.2 Å². The van der Waals surface area contributed by atoms with Crippen molar-refractivity contribution in [3.63, 3.8) is 0 Å². The van der Waals surface area contributed by atoms with Crippen LogP contribution in [-0.4, -0.2) is 23.0 Å². The molecule has 0 atom stereocenters. The van der Waals surface area contributed by atoms with Gasteiger partial charge in [-0.1, -0.05) is 22.0 Å². The standard InChI is InChI=1S/C12H15BrO3/c1-2-16-12(15)11-8-10(14)6-5-9(11)4-3-7-13/h5-6,8,14H,2-4,7H2,1H3. The number of alkyl halides is 1. The molecule has 0 heterocycles. The van der Waals surface area contributed by atoms with Crippen LogP contribution in [0.15, 0.2) is 18.2 Å². The van der Waals surface area contributed by atoms with Crippen LogP contribution in [0, 0.1) is 0 Å². The molecule has 88 valence electrons. The van der Waals surface area contributed by atoms with Gasteiger partial charge in [0.2, 0.25) is 0 Å². The minimum absolute atomic E-state index is 0.0886. The molecule has 0 unspecified atom stereocenters. The monoisotopic (exact) mass is 286 g/mol. The van der Waals surface area contributed by atoms with E-state index in [0.29, 0.717) is 12.2 Å². The van der Waals surface area contributed by atoms with Gasteiger partial charge in [0.05, 0.1) is 12.2 Å². The van der Waals surface area contributed by atoms with Gasteiger partial charge in [-0.25, -0.2) is 4.79 Å². The molecule has 1 N–H and O–H groups in total. The topological polar surface area (TPSA) is 46.5 Å². The zero-order valence-electron chi connectivity index (χ0n) is 9.20. The van der Waals surface area contributed by atoms with Gasteiger partial charge in [0, 0.05) is 5.33 Å². The van der Waals surface area contributed by atoms with Crippen molar-refractivity contribution >= 4 is 21.9 Å². The molecule has 0 aliphatic rings. The molecule has 1 aromatic carbocycles. The van der Waals surface area contributed by atoms with Crippen molar-refractivity contribution in [1.29, 1.82) is 0 Å². The van der Waals surface area contributed by atoms with E-state index in [1.165, 1.54) is 6.07 Å². The third-order valence-electron chi connectivity index (χ3n) is 2.17. The lowest BCUT2D eigenvalue weighted by Gasteiger charge is -2.08. The molecule has 0 bridgehead atoms. The molecule has 4 heteroatoms. The highest BCUT2D eigenvalue weighted by molar-refractivity contribution is 9.09. The Morgan fingerprint density at radius 2 is 2.25 bits per heavy atom. The van der Waals surface area contributed by atoms with E-state index < -0.39 is 0 Å². The molecule has 0 saturated heterocycles. The molecule has 0 fully saturated rings. The highest BCUT2D eigenvalue weighted by Gasteiger charge is 2.12. The summed E-state index contributed by atoms with van der Waals surface area (Å²) in [6, 6.07) is 4.82. The van der Waals surface area contributed by atoms with Gasteiger partial charge in [-0.3, -0.25) is 0 Å². The molecule has 0 aromatic heterocycles. The second-order valence-electron chi connectivity index (χ2n) is 3.35. The maximum absolute atomic E-state index is 11.6. The van der Waals surface area contributed by atoms with Crippen molar-refractivity contribution in [2.45, 2.75) is 19.8 Å². The number of aryl methyl sites for hydroxylation is 1. The number of esters is 1. The predicted molar refractivity (Wildman–Crippen MR) is 66.2 cm³/mol. The highest BCUT2D eigenvalue weighted by Crippen LogP contribution is 2.19. The van der Waals surface area contributed by atoms with Crippen LogP contribution in [0.3, 0.4) is 0 Å². The summed E-state index contributed by atoms with van der Waals surface area (Å²) in [5.74, 6) is -0.284. The minimum atomic E-state index is -0.372. The Hall–Kier alpha value is -1.03. The lowest BCUT2D eigenvalue weighted by molar-refractivity contribution is 0.0524. The molecule has 0 saturated carbocycles. The summed E-state index contributed by atoms with van der Waals surface area (Å²) in [6.45, 7) is 2.10. The number of hydrogen-bond acceptors (Lipinski definition) is 3. The van der Waals surface area contributed by atoms with E-state index in [-0.39, 0.29) is 11.7 Å². The van der Waals surface area contributed by atoms with E-state index in [1.54, 1.807) is 19.1 Å². The first-order valence-electron chi connectivity index (χ1n) is 5.24. The molecule has 0 radical (unpaired) electrons. The van der Waals surface area contributed by atoms with Gasteiger partial charge in [0.1, 0.15) is 5.75 Å². The number of carbonyl (C=O) groups excluding carboxylic acids is 1. The zero-order valence-corrected chi connectivity index (χ0v) is 10.8. The van der Waals surface area contributed by atoms with Gasteiger partial charge in [-0.05, 0) is 37.5 Å². The summed E-state index contributed by atoms with van der Waals surface area (Å²) in [6.07, 6.45) is 1.73. The first-order valence-corrected chi connectivity index (χ1v) is 6.36. The molecule has 0 aliphatic carbocycles. The Bertz CT molecular complexity index is 363. The van der Waals surface area contributed by atoms with E-state index in [0.717, 1.165) is 23.7 Å². The number of rotatable bonds is 5. The van der Waals surface area contributed by atoms with Crippen LogP contribution >= 0.6 is 15.9 Å². The average Bonchev–Trinajstić information content (AvgIpc) is 2.27. The SMILES string of the molecule is CCOC(=O)c1cc(O)ccc1CCCBr. The van der Waals surface area contributed by atoms with Crippen molar-refractivity contribution in [2.24, 2.45) is 0 Å². The molecule has 0 aliphatic heterocycles. The summed E-state index contributed by atoms with van der Waals surface area (Å²) in [5, 5.41) is 10.2. The number of halogens is 1. The van der Waals surface area contributed by atoms with Gasteiger partial charge in [0.15, 0.2) is 0 Å². The van der Waals surface area contributed by atoms with Crippen molar-refractivity contribution in [1.82, 2.24) is 0 Å². The van der Waals surface area contributed by atoms with Crippen LogP contribution in [0.5, 0.6) is 5.75 Å². The maximum atomic E-state index is 11.6. The van der Waals surface area contributed by atoms with E-state index in [1.807, 2.05) is 0 Å². The number of phenols is 1. The van der Waals surface area contributed by atoms with E-state index in [4.69, 9.17) is 4.74 Å². The molecule has 1 aromatic rings. The van der Waals surface area contributed by atoms with Crippen molar-refractivity contribution in [2.75, 3.05) is 11.9 Å². The summed E-state index contributed by atoms with van der Waals surface area (Å²) < 4.78 is 4.94. The van der Waals surface area contributed by atoms with Crippen LogP contribution in [0.1, 0.15) is 29.3 Å². The number of aromatic hydroxyl groups is 1. The number of ether oxygens (including phenoxy) is 1. The van der Waals surface area contributed by atoms with Crippen molar-refractivity contribution in [3.8, 4) is 5.75 Å². The van der Waals surface area contributed by atoms with Gasteiger partial charge >= 0.3 is 5.97 Å². The van der Waals surface area contributed by atoms with Crippen LogP contribution in [0.25, 0.3) is 0 Å². The molecular formula is C12H15BrO3. The normalized spacial score (nSPS) is 10.1. The third kappa shape index (κ3) is 3.52. The Morgan fingerprint density at radius 1 is 1.50 bits per heavy atom. The summed E-state index contributed by atoms with van der Waals surface area (Å²) >= 11 is 3.35. The highest BCUT2D eigenvalue weighted by atomic mass is 79.9. The van der Waals surface area contributed by atoms with Crippen LogP contribution in [0.4, 0.5) is 0 Å². The van der Waals surface area contributed by atoms with Gasteiger partial charge < -0.3 is 9.84 Å². The van der Waals surface area contributed by atoms with Gasteiger partial charge in [0.25, 0.3) is 0 Å².